The van der Waals surface area contributed by atoms with E-state index in [2.05, 4.69) is 29.4 Å². The highest BCUT2D eigenvalue weighted by Crippen LogP contribution is 2.25. The van der Waals surface area contributed by atoms with Crippen molar-refractivity contribution in [1.29, 1.82) is 0 Å². The summed E-state index contributed by atoms with van der Waals surface area (Å²) in [5.74, 6) is 0.875. The van der Waals surface area contributed by atoms with Crippen LogP contribution in [0, 0.1) is 6.92 Å². The van der Waals surface area contributed by atoms with Gasteiger partial charge in [0.2, 0.25) is 0 Å². The average molecular weight is 244 g/mol. The number of para-hydroxylation sites is 1. The van der Waals surface area contributed by atoms with Gasteiger partial charge in [-0.2, -0.15) is 0 Å². The highest BCUT2D eigenvalue weighted by Gasteiger charge is 2.08. The smallest absolute Gasteiger partial charge is 0.145 e. The normalized spacial score (nSPS) is 12.6. The molecule has 0 aliphatic heterocycles. The molecule has 0 bridgehead atoms. The van der Waals surface area contributed by atoms with Crippen LogP contribution in [0.2, 0.25) is 0 Å². The Hall–Kier alpha value is -1.61. The number of nitrogens with zero attached hydrogens (tertiary/aromatic N) is 1. The van der Waals surface area contributed by atoms with Crippen LogP contribution in [0.25, 0.3) is 10.9 Å². The number of benzene rings is 1. The van der Waals surface area contributed by atoms with Crippen LogP contribution in [-0.4, -0.2) is 24.7 Å². The number of aryl methyl sites for hydroxylation is 1. The third-order valence-electron chi connectivity index (χ3n) is 2.95. The molecule has 1 aromatic carbocycles. The van der Waals surface area contributed by atoms with Crippen molar-refractivity contribution < 1.29 is 4.74 Å². The van der Waals surface area contributed by atoms with Crippen LogP contribution in [0.5, 0.6) is 5.75 Å². The molecule has 3 heteroatoms. The number of rotatable bonds is 5. The fourth-order valence-electron chi connectivity index (χ4n) is 1.94. The van der Waals surface area contributed by atoms with E-state index in [0.717, 1.165) is 35.3 Å². The first kappa shape index (κ1) is 12.8. The van der Waals surface area contributed by atoms with E-state index >= 15 is 0 Å². The maximum absolute atomic E-state index is 5.98. The summed E-state index contributed by atoms with van der Waals surface area (Å²) in [6.07, 6.45) is 1.17. The van der Waals surface area contributed by atoms with Crippen molar-refractivity contribution in [2.45, 2.75) is 26.4 Å². The second kappa shape index (κ2) is 5.83. The molecule has 3 nitrogen and oxygen atoms in total. The van der Waals surface area contributed by atoms with E-state index in [1.807, 2.05) is 32.2 Å². The van der Waals surface area contributed by atoms with E-state index in [4.69, 9.17) is 4.74 Å². The van der Waals surface area contributed by atoms with Crippen molar-refractivity contribution in [3.63, 3.8) is 0 Å². The minimum Gasteiger partial charge on any atom is -0.488 e. The van der Waals surface area contributed by atoms with E-state index < -0.39 is 0 Å². The number of ether oxygens (including phenoxy) is 1. The molecule has 0 fully saturated rings. The van der Waals surface area contributed by atoms with Gasteiger partial charge in [0.1, 0.15) is 11.3 Å². The molecule has 0 aliphatic carbocycles. The summed E-state index contributed by atoms with van der Waals surface area (Å²) in [7, 11) is 1.95. The summed E-state index contributed by atoms with van der Waals surface area (Å²) in [6, 6.07) is 10.2. The van der Waals surface area contributed by atoms with Gasteiger partial charge in [0.15, 0.2) is 0 Å². The molecule has 0 saturated carbocycles. The van der Waals surface area contributed by atoms with Gasteiger partial charge in [0.05, 0.1) is 6.10 Å². The molecule has 0 saturated heterocycles. The van der Waals surface area contributed by atoms with Crippen LogP contribution in [0.1, 0.15) is 19.0 Å². The molecular formula is C15H20N2O. The molecule has 2 rings (SSSR count). The van der Waals surface area contributed by atoms with Gasteiger partial charge in [-0.25, -0.2) is 4.98 Å². The van der Waals surface area contributed by atoms with Crippen molar-refractivity contribution in [1.82, 2.24) is 10.3 Å². The van der Waals surface area contributed by atoms with Gasteiger partial charge >= 0.3 is 0 Å². The summed E-state index contributed by atoms with van der Waals surface area (Å²) in [4.78, 5) is 4.57. The third-order valence-corrected chi connectivity index (χ3v) is 2.95. The summed E-state index contributed by atoms with van der Waals surface area (Å²) >= 11 is 0. The third kappa shape index (κ3) is 2.99. The fourth-order valence-corrected chi connectivity index (χ4v) is 1.94. The Balaban J connectivity index is 2.24. The van der Waals surface area contributed by atoms with E-state index in [1.54, 1.807) is 0 Å². The molecule has 2 aromatic rings. The first-order chi connectivity index (χ1) is 8.70. The van der Waals surface area contributed by atoms with Crippen LogP contribution in [-0.2, 0) is 0 Å². The van der Waals surface area contributed by atoms with Gasteiger partial charge in [0, 0.05) is 11.1 Å². The minimum atomic E-state index is 0.186. The number of fused-ring (bicyclic) bond motifs is 1. The van der Waals surface area contributed by atoms with Crippen LogP contribution in [0.15, 0.2) is 30.3 Å². The monoisotopic (exact) mass is 244 g/mol. The molecule has 1 N–H and O–H groups in total. The Morgan fingerprint density at radius 3 is 2.89 bits per heavy atom. The van der Waals surface area contributed by atoms with Gasteiger partial charge in [-0.1, -0.05) is 18.2 Å². The van der Waals surface area contributed by atoms with Crippen LogP contribution < -0.4 is 10.1 Å². The van der Waals surface area contributed by atoms with E-state index in [-0.39, 0.29) is 6.10 Å². The fraction of sp³-hybridized carbons (Fsp3) is 0.400. The van der Waals surface area contributed by atoms with Crippen molar-refractivity contribution in [3.05, 3.63) is 36.0 Å². The Morgan fingerprint density at radius 1 is 1.28 bits per heavy atom. The van der Waals surface area contributed by atoms with Gasteiger partial charge in [-0.3, -0.25) is 0 Å². The van der Waals surface area contributed by atoms with Crippen molar-refractivity contribution in [3.8, 4) is 5.75 Å². The zero-order chi connectivity index (χ0) is 13.0. The Bertz CT molecular complexity index is 525. The SMILES string of the molecule is CNCCC(C)Oc1cccc2ccc(C)nc12. The first-order valence-corrected chi connectivity index (χ1v) is 6.38. The second-order valence-corrected chi connectivity index (χ2v) is 4.60. The highest BCUT2D eigenvalue weighted by molar-refractivity contribution is 5.84. The molecule has 0 radical (unpaired) electrons. The minimum absolute atomic E-state index is 0.186. The lowest BCUT2D eigenvalue weighted by atomic mass is 10.2. The zero-order valence-corrected chi connectivity index (χ0v) is 11.2. The quantitative estimate of drug-likeness (QED) is 0.878. The molecule has 1 unspecified atom stereocenters. The number of pyridine rings is 1. The second-order valence-electron chi connectivity index (χ2n) is 4.60. The van der Waals surface area contributed by atoms with E-state index in [1.165, 1.54) is 0 Å². The first-order valence-electron chi connectivity index (χ1n) is 6.38. The van der Waals surface area contributed by atoms with E-state index in [9.17, 15) is 0 Å². The van der Waals surface area contributed by atoms with Crippen LogP contribution in [0.3, 0.4) is 0 Å². The Labute approximate surface area is 108 Å². The molecule has 1 heterocycles. The predicted octanol–water partition coefficient (Wildman–Crippen LogP) is 2.92. The molecule has 1 atom stereocenters. The molecule has 0 aliphatic rings. The van der Waals surface area contributed by atoms with Crippen molar-refractivity contribution in [2.24, 2.45) is 0 Å². The molecule has 0 amide bonds. The number of aromatic nitrogens is 1. The standard InChI is InChI=1S/C15H20N2O/c1-11-7-8-13-5-4-6-14(15(13)17-11)18-12(2)9-10-16-3/h4-8,12,16H,9-10H2,1-3H3. The average Bonchev–Trinajstić information content (AvgIpc) is 2.37. The molecule has 18 heavy (non-hydrogen) atoms. The van der Waals surface area contributed by atoms with Gasteiger partial charge in [0.25, 0.3) is 0 Å². The molecule has 96 valence electrons. The van der Waals surface area contributed by atoms with Gasteiger partial charge < -0.3 is 10.1 Å². The van der Waals surface area contributed by atoms with Crippen molar-refractivity contribution >= 4 is 10.9 Å². The Kier molecular flexibility index (Phi) is 4.15. The molecular weight excluding hydrogens is 224 g/mol. The lowest BCUT2D eigenvalue weighted by Gasteiger charge is -2.15. The summed E-state index contributed by atoms with van der Waals surface area (Å²) < 4.78 is 5.98. The topological polar surface area (TPSA) is 34.1 Å². The summed E-state index contributed by atoms with van der Waals surface area (Å²) in [5, 5.41) is 4.26. The van der Waals surface area contributed by atoms with Crippen LogP contribution >= 0.6 is 0 Å². The lowest BCUT2D eigenvalue weighted by molar-refractivity contribution is 0.213. The number of hydrogen-bond acceptors (Lipinski definition) is 3. The van der Waals surface area contributed by atoms with Gasteiger partial charge in [-0.15, -0.1) is 0 Å². The Morgan fingerprint density at radius 2 is 2.11 bits per heavy atom. The zero-order valence-electron chi connectivity index (χ0n) is 11.2. The number of hydrogen-bond donors (Lipinski definition) is 1. The predicted molar refractivity (Wildman–Crippen MR) is 75.1 cm³/mol. The summed E-state index contributed by atoms with van der Waals surface area (Å²) in [5.41, 5.74) is 1.97. The maximum Gasteiger partial charge on any atom is 0.145 e. The van der Waals surface area contributed by atoms with Crippen LogP contribution in [0.4, 0.5) is 0 Å². The van der Waals surface area contributed by atoms with Gasteiger partial charge in [-0.05, 0) is 46.0 Å². The maximum atomic E-state index is 5.98. The largest absolute Gasteiger partial charge is 0.488 e. The summed E-state index contributed by atoms with van der Waals surface area (Å²) in [6.45, 7) is 5.05. The molecule has 1 aromatic heterocycles. The number of nitrogens with one attached hydrogen (secondary N) is 1. The van der Waals surface area contributed by atoms with E-state index in [0.29, 0.717) is 0 Å². The highest BCUT2D eigenvalue weighted by atomic mass is 16.5. The van der Waals surface area contributed by atoms with Crippen molar-refractivity contribution in [2.75, 3.05) is 13.6 Å². The molecule has 0 spiro atoms. The lowest BCUT2D eigenvalue weighted by Crippen LogP contribution is -2.19.